The SMILES string of the molecule is CNS(=O)(=O)c1cccc(NC(=O)c2ccc([N+](=O)[O-])cc2)c1. The highest BCUT2D eigenvalue weighted by atomic mass is 32.2. The third kappa shape index (κ3) is 3.90. The number of carbonyl (C=O) groups excluding carboxylic acids is 1. The van der Waals surface area contributed by atoms with Gasteiger partial charge < -0.3 is 5.32 Å². The summed E-state index contributed by atoms with van der Waals surface area (Å²) in [6, 6.07) is 10.8. The maximum atomic E-state index is 12.1. The van der Waals surface area contributed by atoms with E-state index in [0.717, 1.165) is 0 Å². The Morgan fingerprint density at radius 1 is 1.13 bits per heavy atom. The molecule has 8 nitrogen and oxygen atoms in total. The molecule has 0 bridgehead atoms. The van der Waals surface area contributed by atoms with E-state index in [2.05, 4.69) is 10.0 Å². The summed E-state index contributed by atoms with van der Waals surface area (Å²) in [6.45, 7) is 0. The molecule has 0 saturated carbocycles. The normalized spacial score (nSPS) is 11.0. The van der Waals surface area contributed by atoms with Crippen LogP contribution in [0.2, 0.25) is 0 Å². The number of non-ortho nitro benzene ring substituents is 1. The van der Waals surface area contributed by atoms with Crippen molar-refractivity contribution in [3.05, 3.63) is 64.2 Å². The lowest BCUT2D eigenvalue weighted by Crippen LogP contribution is -2.19. The Kier molecular flexibility index (Phi) is 4.72. The zero-order chi connectivity index (χ0) is 17.0. The van der Waals surface area contributed by atoms with Crippen LogP contribution in [0.25, 0.3) is 0 Å². The fraction of sp³-hybridized carbons (Fsp3) is 0.0714. The van der Waals surface area contributed by atoms with Crippen LogP contribution in [0.3, 0.4) is 0 Å². The van der Waals surface area contributed by atoms with Gasteiger partial charge in [0.25, 0.3) is 11.6 Å². The summed E-state index contributed by atoms with van der Waals surface area (Å²) in [5.41, 5.74) is 0.394. The average molecular weight is 335 g/mol. The average Bonchev–Trinajstić information content (AvgIpc) is 2.55. The molecule has 0 fully saturated rings. The third-order valence-corrected chi connectivity index (χ3v) is 4.42. The Labute approximate surface area is 132 Å². The van der Waals surface area contributed by atoms with E-state index in [9.17, 15) is 23.3 Å². The molecule has 0 radical (unpaired) electrons. The number of anilines is 1. The molecular weight excluding hydrogens is 322 g/mol. The molecule has 23 heavy (non-hydrogen) atoms. The van der Waals surface area contributed by atoms with Crippen molar-refractivity contribution in [1.82, 2.24) is 4.72 Å². The lowest BCUT2D eigenvalue weighted by Gasteiger charge is -2.08. The molecule has 2 rings (SSSR count). The van der Waals surface area contributed by atoms with Gasteiger partial charge in [-0.1, -0.05) is 6.07 Å². The quantitative estimate of drug-likeness (QED) is 0.637. The fourth-order valence-electron chi connectivity index (χ4n) is 1.80. The van der Waals surface area contributed by atoms with Crippen molar-refractivity contribution in [3.63, 3.8) is 0 Å². The van der Waals surface area contributed by atoms with Gasteiger partial charge in [-0.3, -0.25) is 14.9 Å². The summed E-state index contributed by atoms with van der Waals surface area (Å²) in [5, 5.41) is 13.1. The predicted molar refractivity (Wildman–Crippen MR) is 83.7 cm³/mol. The number of rotatable bonds is 5. The summed E-state index contributed by atoms with van der Waals surface area (Å²) >= 11 is 0. The number of nitrogens with one attached hydrogen (secondary N) is 2. The second-order valence-electron chi connectivity index (χ2n) is 4.49. The lowest BCUT2D eigenvalue weighted by molar-refractivity contribution is -0.384. The second-order valence-corrected chi connectivity index (χ2v) is 6.38. The molecule has 120 valence electrons. The van der Waals surface area contributed by atoms with Gasteiger partial charge in [-0.2, -0.15) is 0 Å². The molecule has 0 aliphatic carbocycles. The first-order valence-electron chi connectivity index (χ1n) is 6.43. The topological polar surface area (TPSA) is 118 Å². The van der Waals surface area contributed by atoms with Crippen LogP contribution in [-0.2, 0) is 10.0 Å². The molecule has 0 aromatic heterocycles. The van der Waals surface area contributed by atoms with Crippen molar-refractivity contribution in [3.8, 4) is 0 Å². The van der Waals surface area contributed by atoms with Crippen LogP contribution in [0.5, 0.6) is 0 Å². The molecule has 0 atom stereocenters. The molecule has 2 aromatic carbocycles. The molecule has 2 aromatic rings. The summed E-state index contributed by atoms with van der Waals surface area (Å²) in [6.07, 6.45) is 0. The third-order valence-electron chi connectivity index (χ3n) is 3.01. The van der Waals surface area contributed by atoms with Crippen molar-refractivity contribution in [2.24, 2.45) is 0 Å². The Hall–Kier alpha value is -2.78. The number of nitrogens with zero attached hydrogens (tertiary/aromatic N) is 1. The van der Waals surface area contributed by atoms with Crippen LogP contribution in [0.1, 0.15) is 10.4 Å². The van der Waals surface area contributed by atoms with E-state index in [1.54, 1.807) is 0 Å². The van der Waals surface area contributed by atoms with Crippen LogP contribution in [0.4, 0.5) is 11.4 Å². The highest BCUT2D eigenvalue weighted by Crippen LogP contribution is 2.17. The van der Waals surface area contributed by atoms with Crippen molar-refractivity contribution >= 4 is 27.3 Å². The maximum absolute atomic E-state index is 12.1. The van der Waals surface area contributed by atoms with Crippen molar-refractivity contribution < 1.29 is 18.1 Å². The lowest BCUT2D eigenvalue weighted by atomic mass is 10.2. The number of hydrogen-bond acceptors (Lipinski definition) is 5. The van der Waals surface area contributed by atoms with Gasteiger partial charge in [0, 0.05) is 23.4 Å². The molecule has 0 aliphatic heterocycles. The van der Waals surface area contributed by atoms with Crippen LogP contribution in [0.15, 0.2) is 53.4 Å². The van der Waals surface area contributed by atoms with Crippen LogP contribution in [-0.4, -0.2) is 26.3 Å². The summed E-state index contributed by atoms with van der Waals surface area (Å²) in [4.78, 5) is 22.1. The number of nitro benzene ring substituents is 1. The second kappa shape index (κ2) is 6.55. The van der Waals surface area contributed by atoms with E-state index in [-0.39, 0.29) is 16.1 Å². The van der Waals surface area contributed by atoms with Crippen molar-refractivity contribution in [2.45, 2.75) is 4.90 Å². The first-order chi connectivity index (χ1) is 10.8. The summed E-state index contributed by atoms with van der Waals surface area (Å²) in [5.74, 6) is -0.501. The van der Waals surface area contributed by atoms with Gasteiger partial charge in [0.2, 0.25) is 10.0 Å². The van der Waals surface area contributed by atoms with Crippen LogP contribution in [0, 0.1) is 10.1 Å². The van der Waals surface area contributed by atoms with E-state index in [1.807, 2.05) is 0 Å². The standard InChI is InChI=1S/C14H13N3O5S/c1-15-23(21,22)13-4-2-3-11(9-13)16-14(18)10-5-7-12(8-6-10)17(19)20/h2-9,15H,1H3,(H,16,18). The Bertz CT molecular complexity index is 847. The van der Waals surface area contributed by atoms with Gasteiger partial charge in [0.1, 0.15) is 0 Å². The number of sulfonamides is 1. The Morgan fingerprint density at radius 2 is 1.78 bits per heavy atom. The van der Waals surface area contributed by atoms with Gasteiger partial charge in [-0.15, -0.1) is 0 Å². The number of hydrogen-bond donors (Lipinski definition) is 2. The Morgan fingerprint density at radius 3 is 2.35 bits per heavy atom. The van der Waals surface area contributed by atoms with Crippen LogP contribution < -0.4 is 10.0 Å². The number of benzene rings is 2. The molecule has 1 amide bonds. The monoisotopic (exact) mass is 335 g/mol. The fourth-order valence-corrected chi connectivity index (χ4v) is 2.57. The molecule has 9 heteroatoms. The largest absolute Gasteiger partial charge is 0.322 e. The van der Waals surface area contributed by atoms with Gasteiger partial charge >= 0.3 is 0 Å². The minimum absolute atomic E-state index is 0.0153. The van der Waals surface area contributed by atoms with E-state index in [1.165, 1.54) is 55.6 Å². The maximum Gasteiger partial charge on any atom is 0.269 e. The Balaban J connectivity index is 2.20. The van der Waals surface area contributed by atoms with E-state index >= 15 is 0 Å². The zero-order valence-electron chi connectivity index (χ0n) is 12.0. The van der Waals surface area contributed by atoms with E-state index < -0.39 is 20.9 Å². The molecular formula is C14H13N3O5S. The number of amides is 1. The van der Waals surface area contributed by atoms with Gasteiger partial charge in [0.15, 0.2) is 0 Å². The molecule has 0 heterocycles. The van der Waals surface area contributed by atoms with Crippen molar-refractivity contribution in [1.29, 1.82) is 0 Å². The predicted octanol–water partition coefficient (Wildman–Crippen LogP) is 1.76. The summed E-state index contributed by atoms with van der Waals surface area (Å²) < 4.78 is 25.6. The van der Waals surface area contributed by atoms with Crippen molar-refractivity contribution in [2.75, 3.05) is 12.4 Å². The number of nitro groups is 1. The number of carbonyl (C=O) groups is 1. The smallest absolute Gasteiger partial charge is 0.269 e. The van der Waals surface area contributed by atoms with Crippen LogP contribution >= 0.6 is 0 Å². The first-order valence-corrected chi connectivity index (χ1v) is 7.91. The molecule has 0 saturated heterocycles. The highest BCUT2D eigenvalue weighted by molar-refractivity contribution is 7.89. The van der Waals surface area contributed by atoms with Gasteiger partial charge in [0.05, 0.1) is 9.82 Å². The molecule has 2 N–H and O–H groups in total. The molecule has 0 spiro atoms. The minimum atomic E-state index is -3.61. The van der Waals surface area contributed by atoms with Gasteiger partial charge in [-0.05, 0) is 37.4 Å². The van der Waals surface area contributed by atoms with E-state index in [4.69, 9.17) is 0 Å². The first kappa shape index (κ1) is 16.6. The van der Waals surface area contributed by atoms with E-state index in [0.29, 0.717) is 5.69 Å². The molecule has 0 aliphatic rings. The minimum Gasteiger partial charge on any atom is -0.322 e. The molecule has 0 unspecified atom stereocenters. The zero-order valence-corrected chi connectivity index (χ0v) is 12.8. The van der Waals surface area contributed by atoms with Gasteiger partial charge in [-0.25, -0.2) is 13.1 Å². The summed E-state index contributed by atoms with van der Waals surface area (Å²) in [7, 11) is -2.32. The highest BCUT2D eigenvalue weighted by Gasteiger charge is 2.13.